The van der Waals surface area contributed by atoms with Gasteiger partial charge in [-0.05, 0) is 19.9 Å². The molecule has 1 saturated carbocycles. The van der Waals surface area contributed by atoms with Crippen molar-refractivity contribution in [2.24, 2.45) is 5.73 Å². The molecule has 0 aromatic carbocycles. The summed E-state index contributed by atoms with van der Waals surface area (Å²) in [6.45, 7) is 1.81. The number of rotatable bonds is 7. The molecule has 5 nitrogen and oxygen atoms in total. The molecule has 0 spiro atoms. The number of carbonyl (C=O) groups excluding carboxylic acids is 1. The number of ether oxygens (including phenoxy) is 1. The highest BCUT2D eigenvalue weighted by atomic mass is 35.5. The summed E-state index contributed by atoms with van der Waals surface area (Å²) in [5.41, 5.74) is 5.62. The molecule has 0 aromatic heterocycles. The fraction of sp³-hybridized carbons (Fsp3) is 0.917. The molecule has 7 heteroatoms. The predicted octanol–water partition coefficient (Wildman–Crippen LogP) is 0.794. The molecule has 0 aliphatic heterocycles. The van der Waals surface area contributed by atoms with Gasteiger partial charge in [0.15, 0.2) is 0 Å². The number of halogens is 2. The van der Waals surface area contributed by atoms with Crippen molar-refractivity contribution in [3.63, 3.8) is 0 Å². The largest absolute Gasteiger partial charge is 0.383 e. The van der Waals surface area contributed by atoms with E-state index in [1.807, 2.05) is 0 Å². The van der Waals surface area contributed by atoms with E-state index in [0.717, 1.165) is 6.54 Å². The van der Waals surface area contributed by atoms with Gasteiger partial charge >= 0.3 is 0 Å². The second-order valence-electron chi connectivity index (χ2n) is 4.77. The van der Waals surface area contributed by atoms with E-state index in [0.29, 0.717) is 12.6 Å². The van der Waals surface area contributed by atoms with E-state index < -0.39 is 6.04 Å². The van der Waals surface area contributed by atoms with E-state index in [9.17, 15) is 4.79 Å². The molecule has 0 heterocycles. The lowest BCUT2D eigenvalue weighted by Gasteiger charge is -2.24. The van der Waals surface area contributed by atoms with E-state index in [2.05, 4.69) is 17.3 Å². The highest BCUT2D eigenvalue weighted by molar-refractivity contribution is 5.85. The lowest BCUT2D eigenvalue weighted by Crippen LogP contribution is -2.46. The monoisotopic (exact) mass is 315 g/mol. The maximum absolute atomic E-state index is 11.5. The Morgan fingerprint density at radius 3 is 2.53 bits per heavy atom. The third-order valence-corrected chi connectivity index (χ3v) is 3.39. The van der Waals surface area contributed by atoms with Crippen molar-refractivity contribution in [2.45, 2.75) is 37.8 Å². The van der Waals surface area contributed by atoms with Crippen molar-refractivity contribution in [3.05, 3.63) is 0 Å². The summed E-state index contributed by atoms with van der Waals surface area (Å²) in [4.78, 5) is 13.8. The zero-order chi connectivity index (χ0) is 12.7. The molecule has 1 atom stereocenters. The molecular formula is C12H27Cl2N3O2. The van der Waals surface area contributed by atoms with Crippen molar-refractivity contribution in [1.29, 1.82) is 0 Å². The van der Waals surface area contributed by atoms with Crippen LogP contribution in [0.3, 0.4) is 0 Å². The van der Waals surface area contributed by atoms with Crippen LogP contribution >= 0.6 is 24.8 Å². The smallest absolute Gasteiger partial charge is 0.239 e. The van der Waals surface area contributed by atoms with Crippen LogP contribution in [0, 0.1) is 0 Å². The molecular weight excluding hydrogens is 289 g/mol. The van der Waals surface area contributed by atoms with Gasteiger partial charge in [0.2, 0.25) is 5.91 Å². The maximum Gasteiger partial charge on any atom is 0.239 e. The Hall–Kier alpha value is -0.0700. The van der Waals surface area contributed by atoms with Crippen molar-refractivity contribution in [3.8, 4) is 0 Å². The third-order valence-electron chi connectivity index (χ3n) is 3.39. The highest BCUT2D eigenvalue weighted by Crippen LogP contribution is 2.21. The van der Waals surface area contributed by atoms with Gasteiger partial charge in [-0.15, -0.1) is 24.8 Å². The van der Waals surface area contributed by atoms with Crippen LogP contribution in [0.2, 0.25) is 0 Å². The van der Waals surface area contributed by atoms with Crippen LogP contribution < -0.4 is 11.1 Å². The summed E-state index contributed by atoms with van der Waals surface area (Å²) in [6.07, 6.45) is 5.24. The van der Waals surface area contributed by atoms with Crippen molar-refractivity contribution < 1.29 is 9.53 Å². The zero-order valence-corrected chi connectivity index (χ0v) is 13.4. The van der Waals surface area contributed by atoms with Gasteiger partial charge in [-0.3, -0.25) is 4.79 Å². The number of amides is 1. The molecule has 0 aromatic rings. The zero-order valence-electron chi connectivity index (χ0n) is 11.8. The molecule has 1 rings (SSSR count). The molecule has 1 aliphatic rings. The Morgan fingerprint density at radius 2 is 2.00 bits per heavy atom. The number of likely N-dealkylation sites (N-methyl/N-ethyl adjacent to an activating group) is 1. The summed E-state index contributed by atoms with van der Waals surface area (Å²) < 4.78 is 4.84. The first kappa shape index (κ1) is 21.2. The highest BCUT2D eigenvalue weighted by Gasteiger charge is 2.19. The summed E-state index contributed by atoms with van der Waals surface area (Å²) in [5, 5.41) is 2.84. The standard InChI is InChI=1S/C12H25N3O2.2ClH/c1-15(10-5-3-4-6-10)8-7-14-12(16)11(13)9-17-2;;/h10-11H,3-9,13H2,1-2H3,(H,14,16);2*1H. The molecule has 0 saturated heterocycles. The average Bonchev–Trinajstić information content (AvgIpc) is 2.82. The molecule has 1 aliphatic carbocycles. The third kappa shape index (κ3) is 7.95. The van der Waals surface area contributed by atoms with Crippen LogP contribution in [-0.4, -0.2) is 56.7 Å². The lowest BCUT2D eigenvalue weighted by molar-refractivity contribution is -0.123. The van der Waals surface area contributed by atoms with Gasteiger partial charge in [-0.2, -0.15) is 0 Å². The SMILES string of the molecule is COCC(N)C(=O)NCCN(C)C1CCCC1.Cl.Cl. The number of hydrogen-bond donors (Lipinski definition) is 2. The quantitative estimate of drug-likeness (QED) is 0.729. The lowest BCUT2D eigenvalue weighted by atomic mass is 10.2. The topological polar surface area (TPSA) is 67.6 Å². The number of nitrogens with one attached hydrogen (secondary N) is 1. The molecule has 19 heavy (non-hydrogen) atoms. The fourth-order valence-electron chi connectivity index (χ4n) is 2.27. The van der Waals surface area contributed by atoms with Gasteiger partial charge in [-0.1, -0.05) is 12.8 Å². The number of carbonyl (C=O) groups is 1. The molecule has 1 unspecified atom stereocenters. The van der Waals surface area contributed by atoms with E-state index in [1.54, 1.807) is 7.11 Å². The van der Waals surface area contributed by atoms with Gasteiger partial charge in [0.05, 0.1) is 6.61 Å². The minimum atomic E-state index is -0.559. The number of nitrogens with zero attached hydrogens (tertiary/aromatic N) is 1. The molecule has 116 valence electrons. The van der Waals surface area contributed by atoms with Crippen LogP contribution in [-0.2, 0) is 9.53 Å². The molecule has 3 N–H and O–H groups in total. The Bertz CT molecular complexity index is 239. The second kappa shape index (κ2) is 11.7. The van der Waals surface area contributed by atoms with Gasteiger partial charge in [0.1, 0.15) is 6.04 Å². The van der Waals surface area contributed by atoms with Crippen LogP contribution in [0.15, 0.2) is 0 Å². The first-order valence-electron chi connectivity index (χ1n) is 6.37. The summed E-state index contributed by atoms with van der Waals surface area (Å²) in [7, 11) is 3.66. The van der Waals surface area contributed by atoms with E-state index in [1.165, 1.54) is 25.7 Å². The Labute approximate surface area is 128 Å². The molecule has 1 fully saturated rings. The van der Waals surface area contributed by atoms with E-state index in [-0.39, 0.29) is 37.3 Å². The summed E-state index contributed by atoms with van der Waals surface area (Å²) in [6, 6.07) is 0.135. The second-order valence-corrected chi connectivity index (χ2v) is 4.77. The Kier molecular flexibility index (Phi) is 13.1. The number of hydrogen-bond acceptors (Lipinski definition) is 4. The Balaban J connectivity index is 0. The fourth-order valence-corrected chi connectivity index (χ4v) is 2.27. The van der Waals surface area contributed by atoms with Crippen molar-refractivity contribution in [1.82, 2.24) is 10.2 Å². The first-order chi connectivity index (χ1) is 8.15. The first-order valence-corrected chi connectivity index (χ1v) is 6.37. The maximum atomic E-state index is 11.5. The number of methoxy groups -OCH3 is 1. The minimum Gasteiger partial charge on any atom is -0.383 e. The van der Waals surface area contributed by atoms with Gasteiger partial charge < -0.3 is 20.7 Å². The van der Waals surface area contributed by atoms with Gasteiger partial charge in [0.25, 0.3) is 0 Å². The normalized spacial score (nSPS) is 16.6. The summed E-state index contributed by atoms with van der Waals surface area (Å²) in [5.74, 6) is -0.133. The van der Waals surface area contributed by atoms with Crippen LogP contribution in [0.4, 0.5) is 0 Å². The number of nitrogens with two attached hydrogens (primary N) is 1. The summed E-state index contributed by atoms with van der Waals surface area (Å²) >= 11 is 0. The molecule has 0 radical (unpaired) electrons. The van der Waals surface area contributed by atoms with Crippen molar-refractivity contribution >= 4 is 30.7 Å². The van der Waals surface area contributed by atoms with Crippen LogP contribution in [0.1, 0.15) is 25.7 Å². The van der Waals surface area contributed by atoms with Gasteiger partial charge in [-0.25, -0.2) is 0 Å². The predicted molar refractivity (Wildman–Crippen MR) is 82.2 cm³/mol. The van der Waals surface area contributed by atoms with E-state index in [4.69, 9.17) is 10.5 Å². The molecule has 1 amide bonds. The molecule has 0 bridgehead atoms. The van der Waals surface area contributed by atoms with Gasteiger partial charge in [0, 0.05) is 26.2 Å². The van der Waals surface area contributed by atoms with Crippen LogP contribution in [0.5, 0.6) is 0 Å². The van der Waals surface area contributed by atoms with Crippen molar-refractivity contribution in [2.75, 3.05) is 33.9 Å². The van der Waals surface area contributed by atoms with Crippen LogP contribution in [0.25, 0.3) is 0 Å². The van der Waals surface area contributed by atoms with E-state index >= 15 is 0 Å². The minimum absolute atomic E-state index is 0. The average molecular weight is 316 g/mol. The Morgan fingerprint density at radius 1 is 1.42 bits per heavy atom.